The van der Waals surface area contributed by atoms with Crippen LogP contribution in [0.15, 0.2) is 33.8 Å². The van der Waals surface area contributed by atoms with Crippen molar-refractivity contribution in [1.82, 2.24) is 0 Å². The molecule has 0 fully saturated rings. The quantitative estimate of drug-likeness (QED) is 0.472. The highest BCUT2D eigenvalue weighted by Crippen LogP contribution is 2.38. The largest absolute Gasteiger partial charge is 0.478 e. The summed E-state index contributed by atoms with van der Waals surface area (Å²) in [6, 6.07) is 3.61. The van der Waals surface area contributed by atoms with Crippen molar-refractivity contribution in [2.45, 2.75) is 38.8 Å². The highest BCUT2D eigenvalue weighted by Gasteiger charge is 2.31. The van der Waals surface area contributed by atoms with Crippen molar-refractivity contribution < 1.29 is 36.7 Å². The van der Waals surface area contributed by atoms with E-state index in [2.05, 4.69) is 0 Å². The van der Waals surface area contributed by atoms with Gasteiger partial charge in [0.25, 0.3) is 0 Å². The van der Waals surface area contributed by atoms with E-state index in [9.17, 15) is 23.1 Å². The summed E-state index contributed by atoms with van der Waals surface area (Å²) in [6.07, 6.45) is 1.30. The molecule has 12 heteroatoms. The third-order valence-corrected chi connectivity index (χ3v) is 5.39. The number of hydrogen-bond acceptors (Lipinski definition) is 7. The topological polar surface area (TPSA) is 140 Å². The zero-order valence-electron chi connectivity index (χ0n) is 16.3. The van der Waals surface area contributed by atoms with E-state index < -0.39 is 61.7 Å². The second-order valence-corrected chi connectivity index (χ2v) is 9.25. The summed E-state index contributed by atoms with van der Waals surface area (Å²) in [5, 5.41) is 14.1. The van der Waals surface area contributed by atoms with Gasteiger partial charge < -0.3 is 14.3 Å². The molecule has 0 unspecified atom stereocenters. The van der Waals surface area contributed by atoms with Crippen molar-refractivity contribution in [3.63, 3.8) is 0 Å². The van der Waals surface area contributed by atoms with Gasteiger partial charge in [-0.3, -0.25) is 4.79 Å². The molecule has 0 amide bonds. The Kier molecular flexibility index (Phi) is 6.80. The van der Waals surface area contributed by atoms with Crippen LogP contribution in [0.3, 0.4) is 0 Å². The van der Waals surface area contributed by atoms with Crippen LogP contribution in [0.2, 0.25) is 5.02 Å². The number of rotatable bonds is 7. The number of nitrogens with zero attached hydrogens (tertiary/aromatic N) is 1. The van der Waals surface area contributed by atoms with Crippen LogP contribution in [-0.2, 0) is 32.7 Å². The van der Waals surface area contributed by atoms with Gasteiger partial charge in [0, 0.05) is 5.56 Å². The molecule has 2 rings (SSSR count). The molecule has 9 nitrogen and oxygen atoms in total. The molecule has 164 valence electrons. The Morgan fingerprint density at radius 2 is 2.00 bits per heavy atom. The number of furan rings is 1. The second kappa shape index (κ2) is 8.62. The lowest BCUT2D eigenvalue weighted by atomic mass is 9.97. The summed E-state index contributed by atoms with van der Waals surface area (Å²) < 4.78 is 49.0. The number of carbonyl (C=O) groups excluding carboxylic acids is 1. The number of carboxylic acid groups (broad SMARTS) is 1. The molecule has 0 saturated carbocycles. The Morgan fingerprint density at radius 1 is 1.37 bits per heavy atom. The van der Waals surface area contributed by atoms with Gasteiger partial charge in [0.15, 0.2) is 0 Å². The number of anilines is 1. The lowest BCUT2D eigenvalue weighted by Gasteiger charge is -2.23. The predicted molar refractivity (Wildman–Crippen MR) is 105 cm³/mol. The molecule has 30 heavy (non-hydrogen) atoms. The summed E-state index contributed by atoms with van der Waals surface area (Å²) >= 11 is 6.14. The van der Waals surface area contributed by atoms with Gasteiger partial charge in [-0.2, -0.15) is 0 Å². The first-order valence-corrected chi connectivity index (χ1v) is 10.4. The number of carbonyl (C=O) groups is 2. The first kappa shape index (κ1) is 23.6. The number of aromatic carboxylic acids is 1. The number of carboxylic acids is 1. The van der Waals surface area contributed by atoms with Crippen LogP contribution in [0, 0.1) is 5.41 Å². The molecule has 0 atom stereocenters. The lowest BCUT2D eigenvalue weighted by Crippen LogP contribution is -2.25. The van der Waals surface area contributed by atoms with Gasteiger partial charge in [-0.15, -0.1) is 0 Å². The van der Waals surface area contributed by atoms with Crippen LogP contribution in [0.5, 0.6) is 0 Å². The lowest BCUT2D eigenvalue weighted by molar-refractivity contribution is -0.154. The number of halogens is 2. The fourth-order valence-electron chi connectivity index (χ4n) is 2.43. The van der Waals surface area contributed by atoms with E-state index in [1.165, 1.54) is 18.4 Å². The number of esters is 1. The minimum absolute atomic E-state index is 0.0152. The third kappa shape index (κ3) is 5.29. The van der Waals surface area contributed by atoms with Crippen LogP contribution in [0.25, 0.3) is 0 Å². The Hall–Kier alpha value is -2.63. The van der Waals surface area contributed by atoms with Crippen LogP contribution in [0.1, 0.15) is 42.5 Å². The first-order chi connectivity index (χ1) is 13.7. The number of nitrogens with two attached hydrogens (primary N) is 1. The van der Waals surface area contributed by atoms with Gasteiger partial charge >= 0.3 is 11.9 Å². The van der Waals surface area contributed by atoms with Crippen LogP contribution < -0.4 is 10.3 Å². The molecule has 0 bridgehead atoms. The van der Waals surface area contributed by atoms with Crippen LogP contribution in [0.4, 0.5) is 10.2 Å². The van der Waals surface area contributed by atoms with Crippen LogP contribution in [-0.4, -0.2) is 25.5 Å². The zero-order valence-corrected chi connectivity index (χ0v) is 17.9. The molecule has 0 radical (unpaired) electrons. The average Bonchev–Trinajstić information content (AvgIpc) is 3.10. The molecule has 3 N–H and O–H groups in total. The second-order valence-electron chi connectivity index (χ2n) is 7.34. The van der Waals surface area contributed by atoms with E-state index in [1.54, 1.807) is 20.8 Å². The van der Waals surface area contributed by atoms with E-state index in [4.69, 9.17) is 25.9 Å². The standard InChI is InChI=1S/C18H20ClFN2O7S/c1-18(2,3)17(25)29-9-12-14(19)13(30(21,26)27)7-11(16(23)24)15(12)22(20)8-10-5-4-6-28-10/h4-7H,8-9H2,1-3H3,(H,23,24)(H2,21,26,27). The van der Waals surface area contributed by atoms with Crippen molar-refractivity contribution in [3.05, 3.63) is 46.4 Å². The van der Waals surface area contributed by atoms with E-state index in [0.717, 1.165) is 0 Å². The van der Waals surface area contributed by atoms with Gasteiger partial charge in [0.1, 0.15) is 23.8 Å². The summed E-state index contributed by atoms with van der Waals surface area (Å²) in [7, 11) is -4.47. The molecular formula is C18H20ClFN2O7S. The molecule has 0 aliphatic rings. The SMILES string of the molecule is CC(C)(C)C(=O)OCc1c(Cl)c(S(N)(=O)=O)cc(C(=O)O)c1N(F)Cc1ccco1. The molecule has 0 aliphatic carbocycles. The van der Waals surface area contributed by atoms with E-state index in [1.807, 2.05) is 0 Å². The Morgan fingerprint density at radius 3 is 2.47 bits per heavy atom. The molecule has 0 saturated heterocycles. The molecule has 1 aromatic carbocycles. The molecule has 0 spiro atoms. The minimum Gasteiger partial charge on any atom is -0.478 e. The first-order valence-electron chi connectivity index (χ1n) is 8.48. The van der Waals surface area contributed by atoms with Crippen LogP contribution >= 0.6 is 11.6 Å². The summed E-state index contributed by atoms with van der Waals surface area (Å²) in [5.41, 5.74) is -2.62. The molecule has 2 aromatic rings. The van der Waals surface area contributed by atoms with Crippen molar-refractivity contribution in [3.8, 4) is 0 Å². The summed E-state index contributed by atoms with van der Waals surface area (Å²) in [5.74, 6) is -2.19. The predicted octanol–water partition coefficient (Wildman–Crippen LogP) is 3.26. The summed E-state index contributed by atoms with van der Waals surface area (Å²) in [6.45, 7) is 3.50. The Balaban J connectivity index is 2.67. The van der Waals surface area contributed by atoms with Gasteiger partial charge in [-0.05, 0) is 39.0 Å². The van der Waals surface area contributed by atoms with Crippen molar-refractivity contribution >= 4 is 39.3 Å². The molecule has 0 aliphatic heterocycles. The van der Waals surface area contributed by atoms with Crippen molar-refractivity contribution in [2.24, 2.45) is 10.6 Å². The number of ether oxygens (including phenoxy) is 1. The van der Waals surface area contributed by atoms with Gasteiger partial charge in [-0.1, -0.05) is 16.1 Å². The smallest absolute Gasteiger partial charge is 0.337 e. The van der Waals surface area contributed by atoms with E-state index in [-0.39, 0.29) is 16.4 Å². The van der Waals surface area contributed by atoms with Gasteiger partial charge in [0.05, 0.1) is 28.0 Å². The fourth-order valence-corrected chi connectivity index (χ4v) is 3.61. The zero-order chi connectivity index (χ0) is 22.9. The normalized spacial score (nSPS) is 11.9. The van der Waals surface area contributed by atoms with Gasteiger partial charge in [-0.25, -0.2) is 23.5 Å². The highest BCUT2D eigenvalue weighted by molar-refractivity contribution is 7.89. The van der Waals surface area contributed by atoms with Crippen molar-refractivity contribution in [1.29, 1.82) is 0 Å². The minimum atomic E-state index is -4.47. The maximum absolute atomic E-state index is 15.1. The van der Waals surface area contributed by atoms with Gasteiger partial charge in [0.2, 0.25) is 10.0 Å². The molecule has 1 heterocycles. The molecule has 1 aromatic heterocycles. The highest BCUT2D eigenvalue weighted by atomic mass is 35.5. The summed E-state index contributed by atoms with van der Waals surface area (Å²) in [4.78, 5) is 23.2. The monoisotopic (exact) mass is 462 g/mol. The number of hydrogen-bond donors (Lipinski definition) is 2. The van der Waals surface area contributed by atoms with E-state index >= 15 is 4.48 Å². The van der Waals surface area contributed by atoms with Crippen molar-refractivity contribution in [2.75, 3.05) is 5.12 Å². The number of primary sulfonamides is 1. The number of sulfonamides is 1. The Labute approximate surface area is 177 Å². The average molecular weight is 463 g/mol. The molecular weight excluding hydrogens is 443 g/mol. The Bertz CT molecular complexity index is 1060. The third-order valence-electron chi connectivity index (χ3n) is 3.91. The maximum atomic E-state index is 15.1. The maximum Gasteiger partial charge on any atom is 0.337 e. The fraction of sp³-hybridized carbons (Fsp3) is 0.333. The van der Waals surface area contributed by atoms with E-state index in [0.29, 0.717) is 6.07 Å². The number of benzene rings is 1.